The van der Waals surface area contributed by atoms with Crippen molar-refractivity contribution in [2.75, 3.05) is 30.3 Å². The summed E-state index contributed by atoms with van der Waals surface area (Å²) < 4.78 is 70.1. The first kappa shape index (κ1) is 32.8. The minimum Gasteiger partial charge on any atom is -0.491 e. The van der Waals surface area contributed by atoms with Gasteiger partial charge in [-0.15, -0.1) is 0 Å². The monoisotopic (exact) mass is 633 g/mol. The van der Waals surface area contributed by atoms with Crippen molar-refractivity contribution in [3.05, 3.63) is 95.7 Å². The van der Waals surface area contributed by atoms with Crippen LogP contribution in [0.3, 0.4) is 0 Å². The van der Waals surface area contributed by atoms with Crippen molar-refractivity contribution >= 4 is 32.6 Å². The van der Waals surface area contributed by atoms with Crippen LogP contribution in [0.2, 0.25) is 0 Å². The molecule has 1 aromatic heterocycles. The first-order chi connectivity index (χ1) is 20.7. The summed E-state index contributed by atoms with van der Waals surface area (Å²) in [5.41, 5.74) is 2.38. The van der Waals surface area contributed by atoms with E-state index in [0.29, 0.717) is 34.1 Å². The number of hydrogen-bond acceptors (Lipinski definition) is 6. The molecule has 0 aliphatic rings. The van der Waals surface area contributed by atoms with Crippen molar-refractivity contribution in [3.8, 4) is 5.75 Å². The third-order valence-electron chi connectivity index (χ3n) is 7.02. The highest BCUT2D eigenvalue weighted by molar-refractivity contribution is 7.92. The Balaban J connectivity index is 1.41. The number of rotatable bonds is 14. The number of anilines is 1. The number of nitrogens with one attached hydrogen (secondary N) is 1. The van der Waals surface area contributed by atoms with Crippen LogP contribution in [0, 0.1) is 0 Å². The average molecular weight is 634 g/mol. The van der Waals surface area contributed by atoms with Gasteiger partial charge in [0.15, 0.2) is 5.75 Å². The van der Waals surface area contributed by atoms with E-state index in [-0.39, 0.29) is 30.6 Å². The zero-order chi connectivity index (χ0) is 32.1. The van der Waals surface area contributed by atoms with Gasteiger partial charge < -0.3 is 24.8 Å². The number of para-hydroxylation sites is 1. The SMILES string of the molecule is CC(Cc1ccc2c(c1)cc(C(=O)O)n2Cc1ccc(N(C)S(=O)(=O)CC(F)(F)F)cc1)NCC(O)COc1ccccc1. The zero-order valence-electron chi connectivity index (χ0n) is 24.2. The number of ether oxygens (including phenoxy) is 1. The summed E-state index contributed by atoms with van der Waals surface area (Å²) in [6.45, 7) is 2.61. The number of carbonyl (C=O) groups is 1. The summed E-state index contributed by atoms with van der Waals surface area (Å²) in [5.74, 6) is -2.42. The van der Waals surface area contributed by atoms with E-state index in [9.17, 15) is 36.6 Å². The molecule has 0 aliphatic carbocycles. The van der Waals surface area contributed by atoms with Gasteiger partial charge in [0, 0.05) is 37.1 Å². The molecule has 3 aromatic carbocycles. The van der Waals surface area contributed by atoms with Crippen molar-refractivity contribution in [2.24, 2.45) is 0 Å². The number of aromatic carboxylic acids is 1. The molecule has 13 heteroatoms. The summed E-state index contributed by atoms with van der Waals surface area (Å²) >= 11 is 0. The number of nitrogens with zero attached hydrogens (tertiary/aromatic N) is 2. The van der Waals surface area contributed by atoms with Gasteiger partial charge in [0.25, 0.3) is 0 Å². The topological polar surface area (TPSA) is 121 Å². The van der Waals surface area contributed by atoms with Gasteiger partial charge in [0.2, 0.25) is 10.0 Å². The average Bonchev–Trinajstić information content (AvgIpc) is 3.32. The van der Waals surface area contributed by atoms with E-state index >= 15 is 0 Å². The summed E-state index contributed by atoms with van der Waals surface area (Å²) in [6, 6.07) is 22.3. The van der Waals surface area contributed by atoms with Crippen LogP contribution in [0.4, 0.5) is 18.9 Å². The fourth-order valence-electron chi connectivity index (χ4n) is 4.78. The number of fused-ring (bicyclic) bond motifs is 1. The normalized spacial score (nSPS) is 13.5. The van der Waals surface area contributed by atoms with Crippen LogP contribution in [-0.4, -0.2) is 73.4 Å². The van der Waals surface area contributed by atoms with Gasteiger partial charge in [-0.25, -0.2) is 13.2 Å². The molecular weight excluding hydrogens is 599 g/mol. The molecular formula is C31H34F3N3O6S. The molecule has 44 heavy (non-hydrogen) atoms. The summed E-state index contributed by atoms with van der Waals surface area (Å²) in [4.78, 5) is 12.1. The van der Waals surface area contributed by atoms with Crippen LogP contribution < -0.4 is 14.4 Å². The first-order valence-electron chi connectivity index (χ1n) is 13.8. The summed E-state index contributed by atoms with van der Waals surface area (Å²) in [5, 5.41) is 24.2. The molecule has 0 saturated heterocycles. The van der Waals surface area contributed by atoms with Gasteiger partial charge in [0.1, 0.15) is 24.2 Å². The quantitative estimate of drug-likeness (QED) is 0.185. The standard InChI is InChI=1S/C31H34F3N3O6S/c1-21(35-17-26(38)19-43-27-6-4-3-5-7-27)14-23-10-13-28-24(15-23)16-29(30(39)40)37(28)18-22-8-11-25(12-9-22)36(2)44(41,42)20-31(32,33)34/h3-13,15-16,21,26,35,38H,14,17-20H2,1-2H3,(H,39,40). The van der Waals surface area contributed by atoms with Gasteiger partial charge in [-0.1, -0.05) is 36.4 Å². The molecule has 0 fully saturated rings. The molecule has 2 unspecified atom stereocenters. The first-order valence-corrected chi connectivity index (χ1v) is 15.4. The largest absolute Gasteiger partial charge is 0.491 e. The fraction of sp³-hybridized carbons (Fsp3) is 0.323. The van der Waals surface area contributed by atoms with E-state index in [4.69, 9.17) is 4.74 Å². The van der Waals surface area contributed by atoms with Gasteiger partial charge in [-0.2, -0.15) is 13.2 Å². The highest BCUT2D eigenvalue weighted by atomic mass is 32.2. The number of aromatic nitrogens is 1. The molecule has 0 aliphatic heterocycles. The fourth-order valence-corrected chi connectivity index (χ4v) is 5.83. The maximum atomic E-state index is 12.7. The molecule has 0 bridgehead atoms. The van der Waals surface area contributed by atoms with Crippen LogP contribution in [-0.2, 0) is 23.0 Å². The van der Waals surface area contributed by atoms with Crippen molar-refractivity contribution in [1.29, 1.82) is 0 Å². The van der Waals surface area contributed by atoms with Crippen LogP contribution in [0.5, 0.6) is 5.75 Å². The highest BCUT2D eigenvalue weighted by Crippen LogP contribution is 2.26. The Morgan fingerprint density at radius 3 is 2.32 bits per heavy atom. The molecule has 9 nitrogen and oxygen atoms in total. The van der Waals surface area contributed by atoms with E-state index in [1.165, 1.54) is 12.1 Å². The lowest BCUT2D eigenvalue weighted by atomic mass is 10.0. The number of aliphatic hydroxyl groups excluding tert-OH is 1. The Morgan fingerprint density at radius 2 is 1.68 bits per heavy atom. The van der Waals surface area contributed by atoms with E-state index in [1.54, 1.807) is 22.8 Å². The lowest BCUT2D eigenvalue weighted by Crippen LogP contribution is -2.37. The second-order valence-electron chi connectivity index (χ2n) is 10.6. The molecule has 4 aromatic rings. The molecule has 3 N–H and O–H groups in total. The number of hydrogen-bond donors (Lipinski definition) is 3. The number of halogens is 3. The van der Waals surface area contributed by atoms with E-state index < -0.39 is 34.0 Å². The third kappa shape index (κ3) is 8.74. The Morgan fingerprint density at radius 1 is 1.02 bits per heavy atom. The molecule has 0 spiro atoms. The molecule has 0 radical (unpaired) electrons. The second-order valence-corrected chi connectivity index (χ2v) is 12.6. The molecule has 1 heterocycles. The van der Waals surface area contributed by atoms with Crippen LogP contribution >= 0.6 is 0 Å². The molecule has 4 rings (SSSR count). The maximum Gasteiger partial charge on any atom is 0.404 e. The second kappa shape index (κ2) is 13.7. The number of alkyl halides is 3. The highest BCUT2D eigenvalue weighted by Gasteiger charge is 2.37. The number of carboxylic acids is 1. The number of benzene rings is 3. The Bertz CT molecular complexity index is 1680. The van der Waals surface area contributed by atoms with Crippen molar-refractivity contribution in [3.63, 3.8) is 0 Å². The zero-order valence-corrected chi connectivity index (χ0v) is 25.0. The molecule has 0 saturated carbocycles. The van der Waals surface area contributed by atoms with Crippen molar-refractivity contribution in [2.45, 2.75) is 38.2 Å². The van der Waals surface area contributed by atoms with Gasteiger partial charge in [-0.05, 0) is 66.9 Å². The summed E-state index contributed by atoms with van der Waals surface area (Å²) in [7, 11) is -3.56. The summed E-state index contributed by atoms with van der Waals surface area (Å²) in [6.07, 6.45) is -4.95. The number of sulfonamides is 1. The Labute approximate surface area is 253 Å². The Hall–Kier alpha value is -4.07. The number of aliphatic hydroxyl groups is 1. The van der Waals surface area contributed by atoms with E-state index in [1.807, 2.05) is 55.5 Å². The third-order valence-corrected chi connectivity index (χ3v) is 8.76. The lowest BCUT2D eigenvalue weighted by Gasteiger charge is -2.20. The maximum absolute atomic E-state index is 12.7. The van der Waals surface area contributed by atoms with Crippen LogP contribution in [0.1, 0.15) is 28.5 Å². The molecule has 236 valence electrons. The van der Waals surface area contributed by atoms with E-state index in [0.717, 1.165) is 18.0 Å². The van der Waals surface area contributed by atoms with Crippen molar-refractivity contribution in [1.82, 2.24) is 9.88 Å². The predicted octanol–water partition coefficient (Wildman–Crippen LogP) is 4.68. The molecule has 2 atom stereocenters. The van der Waals surface area contributed by atoms with Crippen LogP contribution in [0.25, 0.3) is 10.9 Å². The minimum atomic E-state index is -4.87. The Kier molecular flexibility index (Phi) is 10.2. The number of carboxylic acid groups (broad SMARTS) is 1. The van der Waals surface area contributed by atoms with Gasteiger partial charge >= 0.3 is 12.1 Å². The van der Waals surface area contributed by atoms with Crippen molar-refractivity contribution < 1.29 is 41.3 Å². The predicted molar refractivity (Wildman–Crippen MR) is 162 cm³/mol. The van der Waals surface area contributed by atoms with Gasteiger partial charge in [0.05, 0.1) is 5.69 Å². The van der Waals surface area contributed by atoms with Gasteiger partial charge in [-0.3, -0.25) is 4.31 Å². The van der Waals surface area contributed by atoms with Crippen LogP contribution in [0.15, 0.2) is 78.9 Å². The smallest absolute Gasteiger partial charge is 0.404 e. The lowest BCUT2D eigenvalue weighted by molar-refractivity contribution is -0.106. The minimum absolute atomic E-state index is 0.0106. The van der Waals surface area contributed by atoms with E-state index in [2.05, 4.69) is 5.32 Å². The molecule has 0 amide bonds.